The molecule has 4 heterocycles. The highest BCUT2D eigenvalue weighted by Gasteiger charge is 2.21. The maximum atomic E-state index is 5.48. The van der Waals surface area contributed by atoms with Gasteiger partial charge < -0.3 is 4.74 Å². The molecule has 0 N–H and O–H groups in total. The fraction of sp³-hybridized carbons (Fsp3) is 0.381. The summed E-state index contributed by atoms with van der Waals surface area (Å²) in [4.78, 5) is 14.5. The number of fused-ring (bicyclic) bond motifs is 1. The van der Waals surface area contributed by atoms with Crippen molar-refractivity contribution in [2.24, 2.45) is 0 Å². The van der Waals surface area contributed by atoms with Gasteiger partial charge in [0, 0.05) is 23.4 Å². The zero-order chi connectivity index (χ0) is 21.4. The number of hydrogen-bond donors (Lipinski definition) is 0. The van der Waals surface area contributed by atoms with E-state index in [1.54, 1.807) is 16.0 Å². The molecule has 4 aromatic rings. The molecule has 0 saturated carbocycles. The van der Waals surface area contributed by atoms with E-state index >= 15 is 0 Å². The number of hydrogen-bond acceptors (Lipinski definition) is 9. The predicted octanol–water partition coefficient (Wildman–Crippen LogP) is 3.58. The Morgan fingerprint density at radius 2 is 1.90 bits per heavy atom. The number of tetrazole rings is 1. The van der Waals surface area contributed by atoms with E-state index in [0.29, 0.717) is 11.7 Å². The Bertz CT molecular complexity index is 1230. The molecular formula is C21H23N7OS2. The Morgan fingerprint density at radius 1 is 1.10 bits per heavy atom. The Balaban J connectivity index is 1.55. The monoisotopic (exact) mass is 453 g/mol. The van der Waals surface area contributed by atoms with Crippen molar-refractivity contribution in [2.45, 2.75) is 37.5 Å². The van der Waals surface area contributed by atoms with Crippen LogP contribution in [0, 0.1) is 20.8 Å². The summed E-state index contributed by atoms with van der Waals surface area (Å²) in [7, 11) is 0. The van der Waals surface area contributed by atoms with E-state index in [1.807, 2.05) is 18.2 Å². The quantitative estimate of drug-likeness (QED) is 0.424. The van der Waals surface area contributed by atoms with E-state index in [-0.39, 0.29) is 0 Å². The number of nitrogens with zero attached hydrogens (tertiary/aromatic N) is 7. The fourth-order valence-electron chi connectivity index (χ4n) is 3.64. The van der Waals surface area contributed by atoms with Gasteiger partial charge in [-0.25, -0.2) is 9.97 Å². The molecule has 1 fully saturated rings. The van der Waals surface area contributed by atoms with Crippen molar-refractivity contribution in [2.75, 3.05) is 26.3 Å². The van der Waals surface area contributed by atoms with Crippen LogP contribution in [0.2, 0.25) is 0 Å². The molecule has 31 heavy (non-hydrogen) atoms. The normalized spacial score (nSPS) is 15.1. The van der Waals surface area contributed by atoms with Crippen LogP contribution in [0.5, 0.6) is 0 Å². The molecule has 0 atom stereocenters. The Hall–Kier alpha value is -2.40. The zero-order valence-corrected chi connectivity index (χ0v) is 19.3. The summed E-state index contributed by atoms with van der Waals surface area (Å²) in [6.45, 7) is 10.4. The molecule has 0 amide bonds. The number of para-hydroxylation sites is 1. The summed E-state index contributed by atoms with van der Waals surface area (Å²) in [5.74, 6) is 0.827. The fourth-order valence-corrected chi connectivity index (χ4v) is 5.73. The average molecular weight is 454 g/mol. The number of aromatic nitrogens is 6. The van der Waals surface area contributed by atoms with Crippen molar-refractivity contribution in [3.05, 3.63) is 46.1 Å². The molecule has 10 heteroatoms. The van der Waals surface area contributed by atoms with Gasteiger partial charge in [0.1, 0.15) is 15.7 Å². The second kappa shape index (κ2) is 8.62. The summed E-state index contributed by atoms with van der Waals surface area (Å²) >= 11 is 3.22. The Kier molecular flexibility index (Phi) is 5.70. The van der Waals surface area contributed by atoms with E-state index in [1.165, 1.54) is 22.2 Å². The first-order valence-electron chi connectivity index (χ1n) is 10.2. The van der Waals surface area contributed by atoms with Gasteiger partial charge in [-0.3, -0.25) is 4.90 Å². The number of morpholine rings is 1. The second-order valence-electron chi connectivity index (χ2n) is 7.56. The van der Waals surface area contributed by atoms with Gasteiger partial charge in [-0.1, -0.05) is 18.2 Å². The molecule has 160 valence electrons. The topological polar surface area (TPSA) is 81.9 Å². The van der Waals surface area contributed by atoms with Crippen molar-refractivity contribution in [1.29, 1.82) is 0 Å². The number of benzene rings is 1. The molecule has 1 aromatic carbocycles. The summed E-state index contributed by atoms with van der Waals surface area (Å²) in [5, 5.41) is 15.2. The highest BCUT2D eigenvalue weighted by atomic mass is 32.2. The molecule has 5 rings (SSSR count). The minimum atomic E-state index is 0.690. The molecule has 0 spiro atoms. The lowest BCUT2D eigenvalue weighted by Crippen LogP contribution is -2.36. The standard InChI is InChI=1S/C21H23N7OS2/c1-13-6-4-5-7-16(13)28-21(24-25-26-28)31-20-18-14(2)15(3)30-19(18)22-17(23-20)12-27-8-10-29-11-9-27/h4-7H,8-12H2,1-3H3. The molecule has 0 unspecified atom stereocenters. The van der Waals surface area contributed by atoms with Crippen LogP contribution in [-0.2, 0) is 11.3 Å². The van der Waals surface area contributed by atoms with Crippen molar-refractivity contribution in [3.63, 3.8) is 0 Å². The first-order valence-corrected chi connectivity index (χ1v) is 11.8. The third-order valence-corrected chi connectivity index (χ3v) is 7.51. The van der Waals surface area contributed by atoms with Crippen LogP contribution < -0.4 is 0 Å². The SMILES string of the molecule is Cc1ccccc1-n1nnnc1Sc1nc(CN2CCOCC2)nc2sc(C)c(C)c12. The van der Waals surface area contributed by atoms with Gasteiger partial charge in [0.25, 0.3) is 0 Å². The van der Waals surface area contributed by atoms with Gasteiger partial charge in [0.05, 0.1) is 25.4 Å². The number of thiophene rings is 1. The largest absolute Gasteiger partial charge is 0.379 e. The van der Waals surface area contributed by atoms with E-state index in [9.17, 15) is 0 Å². The molecule has 0 bridgehead atoms. The average Bonchev–Trinajstić information content (AvgIpc) is 3.33. The molecule has 0 aliphatic carbocycles. The van der Waals surface area contributed by atoms with E-state index < -0.39 is 0 Å². The minimum absolute atomic E-state index is 0.690. The lowest BCUT2D eigenvalue weighted by atomic mass is 10.2. The van der Waals surface area contributed by atoms with E-state index in [4.69, 9.17) is 14.7 Å². The van der Waals surface area contributed by atoms with Crippen molar-refractivity contribution < 1.29 is 4.74 Å². The van der Waals surface area contributed by atoms with Gasteiger partial charge in [-0.15, -0.1) is 16.4 Å². The van der Waals surface area contributed by atoms with Gasteiger partial charge in [0.15, 0.2) is 0 Å². The summed E-state index contributed by atoms with van der Waals surface area (Å²) in [6, 6.07) is 8.09. The first-order chi connectivity index (χ1) is 15.1. The molecule has 1 saturated heterocycles. The minimum Gasteiger partial charge on any atom is -0.379 e. The lowest BCUT2D eigenvalue weighted by molar-refractivity contribution is 0.0330. The molecule has 3 aromatic heterocycles. The van der Waals surface area contributed by atoms with Gasteiger partial charge in [-0.2, -0.15) is 4.68 Å². The second-order valence-corrected chi connectivity index (χ2v) is 9.72. The van der Waals surface area contributed by atoms with Crippen LogP contribution in [-0.4, -0.2) is 61.4 Å². The molecule has 0 radical (unpaired) electrons. The van der Waals surface area contributed by atoms with Gasteiger partial charge in [0.2, 0.25) is 5.16 Å². The summed E-state index contributed by atoms with van der Waals surface area (Å²) < 4.78 is 7.26. The smallest absolute Gasteiger partial charge is 0.220 e. The van der Waals surface area contributed by atoms with Crippen LogP contribution in [0.4, 0.5) is 0 Å². The van der Waals surface area contributed by atoms with Crippen LogP contribution in [0.1, 0.15) is 21.8 Å². The molecule has 8 nitrogen and oxygen atoms in total. The predicted molar refractivity (Wildman–Crippen MR) is 121 cm³/mol. The van der Waals surface area contributed by atoms with Crippen molar-refractivity contribution in [3.8, 4) is 5.69 Å². The molecule has 1 aliphatic rings. The third kappa shape index (κ3) is 4.08. The highest BCUT2D eigenvalue weighted by molar-refractivity contribution is 7.99. The van der Waals surface area contributed by atoms with E-state index in [2.05, 4.69) is 47.3 Å². The zero-order valence-electron chi connectivity index (χ0n) is 17.7. The maximum Gasteiger partial charge on any atom is 0.220 e. The highest BCUT2D eigenvalue weighted by Crippen LogP contribution is 2.38. The molecular weight excluding hydrogens is 430 g/mol. The summed E-state index contributed by atoms with van der Waals surface area (Å²) in [5.41, 5.74) is 3.29. The number of aryl methyl sites for hydroxylation is 3. The number of ether oxygens (including phenoxy) is 1. The van der Waals surface area contributed by atoms with Crippen LogP contribution in [0.15, 0.2) is 34.4 Å². The van der Waals surface area contributed by atoms with Crippen LogP contribution in [0.3, 0.4) is 0 Å². The van der Waals surface area contributed by atoms with Gasteiger partial charge in [-0.05, 0) is 60.2 Å². The van der Waals surface area contributed by atoms with E-state index in [0.717, 1.165) is 58.6 Å². The Labute approximate surface area is 188 Å². The first kappa shape index (κ1) is 20.5. The van der Waals surface area contributed by atoms with Gasteiger partial charge >= 0.3 is 0 Å². The number of rotatable bonds is 5. The van der Waals surface area contributed by atoms with Crippen molar-refractivity contribution in [1.82, 2.24) is 35.1 Å². The Morgan fingerprint density at radius 3 is 2.71 bits per heavy atom. The maximum absolute atomic E-state index is 5.48. The van der Waals surface area contributed by atoms with Crippen LogP contribution in [0.25, 0.3) is 15.9 Å². The molecule has 1 aliphatic heterocycles. The van der Waals surface area contributed by atoms with Crippen LogP contribution >= 0.6 is 23.1 Å². The third-order valence-electron chi connectivity index (χ3n) is 5.48. The lowest BCUT2D eigenvalue weighted by Gasteiger charge is -2.25. The van der Waals surface area contributed by atoms with Crippen molar-refractivity contribution >= 4 is 33.3 Å². The summed E-state index contributed by atoms with van der Waals surface area (Å²) in [6.07, 6.45) is 0.